The van der Waals surface area contributed by atoms with Crippen LogP contribution in [0.3, 0.4) is 0 Å². The molecule has 5 aliphatic rings. The van der Waals surface area contributed by atoms with E-state index in [0.717, 1.165) is 24.7 Å². The predicted molar refractivity (Wildman–Crippen MR) is 163 cm³/mol. The summed E-state index contributed by atoms with van der Waals surface area (Å²) in [4.78, 5) is 0. The number of hydrogen-bond acceptors (Lipinski definition) is 0. The zero-order chi connectivity index (χ0) is 25.9. The first-order chi connectivity index (χ1) is 18.6. The van der Waals surface area contributed by atoms with Crippen molar-refractivity contribution in [3.8, 4) is 0 Å². The van der Waals surface area contributed by atoms with Gasteiger partial charge in [0.05, 0.1) is 0 Å². The van der Waals surface area contributed by atoms with Crippen LogP contribution in [0.4, 0.5) is 0 Å². The molecule has 2 unspecified atom stereocenters. The molecule has 5 aliphatic carbocycles. The lowest BCUT2D eigenvalue weighted by atomic mass is 9.76. The summed E-state index contributed by atoms with van der Waals surface area (Å²) in [7, 11) is 0. The maximum Gasteiger partial charge on any atom is 0.0267 e. The maximum absolute atomic E-state index is 4.44. The van der Waals surface area contributed by atoms with Gasteiger partial charge in [-0.05, 0) is 96.6 Å². The SMILES string of the molecule is C=C(CCC1=CC2C=C(CC3CCC(Cc4ccccc4)CC3)C=CC2=C1)C1=CC(=C)C2C=CC=CC2=C1. The van der Waals surface area contributed by atoms with Crippen LogP contribution < -0.4 is 0 Å². The molecule has 0 saturated heterocycles. The normalized spacial score (nSPS) is 27.6. The Balaban J connectivity index is 0.997. The molecule has 0 amide bonds. The van der Waals surface area contributed by atoms with E-state index in [1.54, 1.807) is 5.57 Å². The largest absolute Gasteiger partial charge is 0.0952 e. The highest BCUT2D eigenvalue weighted by atomic mass is 14.3. The summed E-state index contributed by atoms with van der Waals surface area (Å²) < 4.78 is 0. The van der Waals surface area contributed by atoms with Gasteiger partial charge in [0.2, 0.25) is 0 Å². The van der Waals surface area contributed by atoms with Crippen molar-refractivity contribution in [1.29, 1.82) is 0 Å². The van der Waals surface area contributed by atoms with Gasteiger partial charge in [0.1, 0.15) is 0 Å². The van der Waals surface area contributed by atoms with E-state index < -0.39 is 0 Å². The van der Waals surface area contributed by atoms with Crippen LogP contribution >= 0.6 is 0 Å². The van der Waals surface area contributed by atoms with E-state index in [0.29, 0.717) is 11.8 Å². The summed E-state index contributed by atoms with van der Waals surface area (Å²) in [5.41, 5.74) is 10.9. The van der Waals surface area contributed by atoms with Crippen molar-refractivity contribution in [2.45, 2.75) is 51.4 Å². The van der Waals surface area contributed by atoms with Gasteiger partial charge in [-0.3, -0.25) is 0 Å². The maximum atomic E-state index is 4.44. The molecule has 1 fully saturated rings. The number of allylic oxidation sites excluding steroid dienone is 18. The van der Waals surface area contributed by atoms with E-state index in [4.69, 9.17) is 0 Å². The number of rotatable bonds is 8. The number of benzene rings is 1. The molecular weight excluding hydrogens is 456 g/mol. The summed E-state index contributed by atoms with van der Waals surface area (Å²) in [6.07, 6.45) is 35.5. The Labute approximate surface area is 229 Å². The average molecular weight is 497 g/mol. The van der Waals surface area contributed by atoms with Crippen LogP contribution in [-0.4, -0.2) is 0 Å². The van der Waals surface area contributed by atoms with E-state index in [1.165, 1.54) is 77.5 Å². The molecule has 0 heterocycles. The van der Waals surface area contributed by atoms with Gasteiger partial charge >= 0.3 is 0 Å². The summed E-state index contributed by atoms with van der Waals surface area (Å²) in [5.74, 6) is 2.51. The van der Waals surface area contributed by atoms with Gasteiger partial charge in [0, 0.05) is 11.8 Å². The Morgan fingerprint density at radius 2 is 1.53 bits per heavy atom. The molecule has 1 aromatic rings. The lowest BCUT2D eigenvalue weighted by Gasteiger charge is -2.29. The third-order valence-electron chi connectivity index (χ3n) is 9.12. The Morgan fingerprint density at radius 1 is 0.763 bits per heavy atom. The minimum Gasteiger partial charge on any atom is -0.0952 e. The molecule has 0 aromatic heterocycles. The van der Waals surface area contributed by atoms with E-state index in [9.17, 15) is 0 Å². The second-order valence-electron chi connectivity index (χ2n) is 11.9. The number of fused-ring (bicyclic) bond motifs is 2. The first-order valence-electron chi connectivity index (χ1n) is 14.6. The van der Waals surface area contributed by atoms with E-state index in [1.807, 2.05) is 0 Å². The second kappa shape index (κ2) is 11.2. The quantitative estimate of drug-likeness (QED) is 0.336. The minimum absolute atomic E-state index is 0.332. The minimum atomic E-state index is 0.332. The van der Waals surface area contributed by atoms with Crippen LogP contribution in [0.5, 0.6) is 0 Å². The fourth-order valence-corrected chi connectivity index (χ4v) is 6.88. The second-order valence-corrected chi connectivity index (χ2v) is 11.9. The zero-order valence-electron chi connectivity index (χ0n) is 22.6. The van der Waals surface area contributed by atoms with Crippen molar-refractivity contribution < 1.29 is 0 Å². The first kappa shape index (κ1) is 24.9. The Morgan fingerprint density at radius 3 is 2.34 bits per heavy atom. The van der Waals surface area contributed by atoms with Gasteiger partial charge in [0.25, 0.3) is 0 Å². The van der Waals surface area contributed by atoms with Gasteiger partial charge in [0.15, 0.2) is 0 Å². The lowest BCUT2D eigenvalue weighted by molar-refractivity contribution is 0.273. The van der Waals surface area contributed by atoms with Crippen molar-refractivity contribution >= 4 is 0 Å². The van der Waals surface area contributed by atoms with Crippen LogP contribution in [0.25, 0.3) is 0 Å². The molecule has 0 heteroatoms. The van der Waals surface area contributed by atoms with Crippen molar-refractivity contribution in [2.24, 2.45) is 23.7 Å². The highest BCUT2D eigenvalue weighted by Gasteiger charge is 2.25. The van der Waals surface area contributed by atoms with Gasteiger partial charge < -0.3 is 0 Å². The van der Waals surface area contributed by atoms with Gasteiger partial charge in [-0.1, -0.05) is 121 Å². The molecule has 0 aliphatic heterocycles. The van der Waals surface area contributed by atoms with Gasteiger partial charge in [-0.25, -0.2) is 0 Å². The molecule has 0 radical (unpaired) electrons. The third kappa shape index (κ3) is 5.70. The fraction of sp³-hybridized carbons (Fsp3) is 0.316. The van der Waals surface area contributed by atoms with Crippen LogP contribution in [0.1, 0.15) is 50.5 Å². The summed E-state index contributed by atoms with van der Waals surface area (Å²) in [6, 6.07) is 11.1. The molecule has 1 saturated carbocycles. The number of hydrogen-bond donors (Lipinski definition) is 0. The van der Waals surface area contributed by atoms with Crippen molar-refractivity contribution in [1.82, 2.24) is 0 Å². The standard InChI is InChI=1S/C38H40/c1-27(36-20-28(2)38-11-7-6-10-35(38)26-36)12-13-33-23-34-19-18-32(24-37(34)25-33)22-31-16-14-30(15-17-31)21-29-8-4-3-5-9-29/h3-11,18-20,23-26,30-31,37-38H,1-2,12-17,21-22H2. The Kier molecular flexibility index (Phi) is 7.32. The summed E-state index contributed by atoms with van der Waals surface area (Å²) in [6.45, 7) is 8.75. The lowest BCUT2D eigenvalue weighted by Crippen LogP contribution is -2.17. The Hall–Kier alpha value is -3.38. The highest BCUT2D eigenvalue weighted by Crippen LogP contribution is 2.39. The van der Waals surface area contributed by atoms with Crippen molar-refractivity contribution in [3.63, 3.8) is 0 Å². The van der Waals surface area contributed by atoms with E-state index in [-0.39, 0.29) is 0 Å². The molecule has 1 aromatic carbocycles. The molecule has 0 bridgehead atoms. The molecule has 0 spiro atoms. The molecule has 0 N–H and O–H groups in total. The van der Waals surface area contributed by atoms with E-state index >= 15 is 0 Å². The summed E-state index contributed by atoms with van der Waals surface area (Å²) >= 11 is 0. The van der Waals surface area contributed by atoms with Crippen LogP contribution in [-0.2, 0) is 6.42 Å². The van der Waals surface area contributed by atoms with Gasteiger partial charge in [-0.2, -0.15) is 0 Å². The third-order valence-corrected chi connectivity index (χ3v) is 9.12. The fourth-order valence-electron chi connectivity index (χ4n) is 6.88. The van der Waals surface area contributed by atoms with Crippen LogP contribution in [0.15, 0.2) is 149 Å². The van der Waals surface area contributed by atoms with Gasteiger partial charge in [-0.15, -0.1) is 0 Å². The first-order valence-corrected chi connectivity index (χ1v) is 14.6. The molecular formula is C38H40. The molecule has 0 nitrogen and oxygen atoms in total. The predicted octanol–water partition coefficient (Wildman–Crippen LogP) is 9.91. The molecule has 192 valence electrons. The highest BCUT2D eigenvalue weighted by molar-refractivity contribution is 5.57. The molecule has 6 rings (SSSR count). The summed E-state index contributed by atoms with van der Waals surface area (Å²) in [5, 5.41) is 0. The smallest absolute Gasteiger partial charge is 0.0267 e. The Bertz CT molecular complexity index is 1340. The molecule has 38 heavy (non-hydrogen) atoms. The average Bonchev–Trinajstić information content (AvgIpc) is 3.36. The monoisotopic (exact) mass is 496 g/mol. The van der Waals surface area contributed by atoms with Crippen LogP contribution in [0.2, 0.25) is 0 Å². The van der Waals surface area contributed by atoms with E-state index in [2.05, 4.69) is 110 Å². The van der Waals surface area contributed by atoms with Crippen molar-refractivity contribution in [3.05, 3.63) is 155 Å². The molecule has 2 atom stereocenters. The topological polar surface area (TPSA) is 0 Å². The van der Waals surface area contributed by atoms with Crippen molar-refractivity contribution in [2.75, 3.05) is 0 Å². The van der Waals surface area contributed by atoms with Crippen LogP contribution in [0, 0.1) is 23.7 Å². The zero-order valence-corrected chi connectivity index (χ0v) is 22.6.